The molecule has 0 unspecified atom stereocenters. The topological polar surface area (TPSA) is 47.6 Å². The maximum atomic E-state index is 12.4. The monoisotopic (exact) mass is 361 g/mol. The number of carbonyl (C=O) groups is 1. The summed E-state index contributed by atoms with van der Waals surface area (Å²) in [5.74, 6) is 1.34. The summed E-state index contributed by atoms with van der Waals surface area (Å²) in [6.07, 6.45) is 0.119. The maximum Gasteiger partial charge on any atom is 0.255 e. The molecule has 0 saturated heterocycles. The molecule has 27 heavy (non-hydrogen) atoms. The van der Waals surface area contributed by atoms with Gasteiger partial charge < -0.3 is 14.8 Å². The Kier molecular flexibility index (Phi) is 6.10. The van der Waals surface area contributed by atoms with Gasteiger partial charge in [-0.05, 0) is 67.9 Å². The molecule has 3 aromatic carbocycles. The van der Waals surface area contributed by atoms with Crippen LogP contribution in [0.2, 0.25) is 0 Å². The average molecular weight is 361 g/mol. The van der Waals surface area contributed by atoms with Gasteiger partial charge in [-0.1, -0.05) is 30.3 Å². The van der Waals surface area contributed by atoms with E-state index in [4.69, 9.17) is 9.47 Å². The van der Waals surface area contributed by atoms with Crippen LogP contribution in [0.3, 0.4) is 0 Å². The molecule has 1 amide bonds. The minimum Gasteiger partial charge on any atom is -0.491 e. The second-order valence-corrected chi connectivity index (χ2v) is 6.44. The van der Waals surface area contributed by atoms with E-state index in [9.17, 15) is 4.79 Å². The highest BCUT2D eigenvalue weighted by molar-refractivity contribution is 6.04. The lowest BCUT2D eigenvalue weighted by Crippen LogP contribution is -2.12. The van der Waals surface area contributed by atoms with Crippen LogP contribution in [0.25, 0.3) is 0 Å². The summed E-state index contributed by atoms with van der Waals surface area (Å²) in [5, 5.41) is 2.88. The number of carbonyl (C=O) groups excluding carboxylic acids is 1. The molecule has 0 spiro atoms. The Morgan fingerprint density at radius 3 is 2.11 bits per heavy atom. The molecule has 138 valence electrons. The lowest BCUT2D eigenvalue weighted by Gasteiger charge is -2.11. The minimum absolute atomic E-state index is 0.119. The van der Waals surface area contributed by atoms with Crippen molar-refractivity contribution in [3.8, 4) is 11.5 Å². The molecule has 0 aliphatic heterocycles. The van der Waals surface area contributed by atoms with Crippen molar-refractivity contribution in [1.82, 2.24) is 0 Å². The van der Waals surface area contributed by atoms with E-state index in [0.29, 0.717) is 12.2 Å². The van der Waals surface area contributed by atoms with Gasteiger partial charge in [0, 0.05) is 11.3 Å². The van der Waals surface area contributed by atoms with Crippen LogP contribution in [0, 0.1) is 0 Å². The average Bonchev–Trinajstić information content (AvgIpc) is 2.69. The van der Waals surface area contributed by atoms with Crippen LogP contribution in [0.4, 0.5) is 5.69 Å². The zero-order valence-corrected chi connectivity index (χ0v) is 15.5. The zero-order valence-electron chi connectivity index (χ0n) is 15.5. The number of hydrogen-bond donors (Lipinski definition) is 1. The van der Waals surface area contributed by atoms with Gasteiger partial charge in [-0.2, -0.15) is 0 Å². The van der Waals surface area contributed by atoms with Crippen molar-refractivity contribution in [3.63, 3.8) is 0 Å². The number of nitrogens with one attached hydrogen (secondary N) is 1. The van der Waals surface area contributed by atoms with Crippen LogP contribution in [-0.4, -0.2) is 12.0 Å². The molecule has 0 radical (unpaired) electrons. The van der Waals surface area contributed by atoms with Crippen LogP contribution in [0.5, 0.6) is 11.5 Å². The number of hydrogen-bond acceptors (Lipinski definition) is 3. The summed E-state index contributed by atoms with van der Waals surface area (Å²) in [7, 11) is 0. The number of ether oxygens (including phenoxy) is 2. The third-order valence-corrected chi connectivity index (χ3v) is 3.85. The van der Waals surface area contributed by atoms with E-state index in [0.717, 1.165) is 22.7 Å². The molecule has 4 heteroatoms. The van der Waals surface area contributed by atoms with E-state index in [2.05, 4.69) is 5.32 Å². The second-order valence-electron chi connectivity index (χ2n) is 6.44. The van der Waals surface area contributed by atoms with Crippen molar-refractivity contribution in [2.45, 2.75) is 26.6 Å². The maximum absolute atomic E-state index is 12.4. The predicted octanol–water partition coefficient (Wildman–Crippen LogP) is 5.31. The van der Waals surface area contributed by atoms with Gasteiger partial charge in [0.05, 0.1) is 6.10 Å². The van der Waals surface area contributed by atoms with E-state index in [-0.39, 0.29) is 12.0 Å². The molecule has 0 heterocycles. The first-order valence-electron chi connectivity index (χ1n) is 8.95. The number of anilines is 1. The summed E-state index contributed by atoms with van der Waals surface area (Å²) in [6.45, 7) is 4.45. The molecule has 3 rings (SSSR count). The molecule has 0 saturated carbocycles. The summed E-state index contributed by atoms with van der Waals surface area (Å²) < 4.78 is 11.3. The molecule has 3 aromatic rings. The molecule has 0 aliphatic carbocycles. The summed E-state index contributed by atoms with van der Waals surface area (Å²) >= 11 is 0. The van der Waals surface area contributed by atoms with E-state index in [1.807, 2.05) is 68.4 Å². The highest BCUT2D eigenvalue weighted by Gasteiger charge is 2.07. The van der Waals surface area contributed by atoms with Crippen molar-refractivity contribution >= 4 is 11.6 Å². The lowest BCUT2D eigenvalue weighted by molar-refractivity contribution is 0.102. The van der Waals surface area contributed by atoms with Crippen LogP contribution >= 0.6 is 0 Å². The summed E-state index contributed by atoms with van der Waals surface area (Å²) in [5.41, 5.74) is 2.40. The second kappa shape index (κ2) is 8.90. The highest BCUT2D eigenvalue weighted by atomic mass is 16.5. The smallest absolute Gasteiger partial charge is 0.255 e. The quantitative estimate of drug-likeness (QED) is 0.621. The van der Waals surface area contributed by atoms with Gasteiger partial charge in [-0.15, -0.1) is 0 Å². The molecular formula is C23H23NO3. The number of benzene rings is 3. The fourth-order valence-electron chi connectivity index (χ4n) is 2.54. The molecule has 0 bridgehead atoms. The molecule has 0 atom stereocenters. The van der Waals surface area contributed by atoms with Crippen LogP contribution in [-0.2, 0) is 6.61 Å². The summed E-state index contributed by atoms with van der Waals surface area (Å²) in [6, 6.07) is 24.4. The van der Waals surface area contributed by atoms with Crippen LogP contribution in [0.1, 0.15) is 29.8 Å². The Hall–Kier alpha value is -3.27. The van der Waals surface area contributed by atoms with E-state index in [1.54, 1.807) is 24.3 Å². The van der Waals surface area contributed by atoms with E-state index < -0.39 is 0 Å². The Bertz CT molecular complexity index is 856. The van der Waals surface area contributed by atoms with Gasteiger partial charge in [-0.3, -0.25) is 4.79 Å². The Morgan fingerprint density at radius 2 is 1.48 bits per heavy atom. The van der Waals surface area contributed by atoms with E-state index >= 15 is 0 Å². The summed E-state index contributed by atoms with van der Waals surface area (Å²) in [4.78, 5) is 12.4. The number of rotatable bonds is 7. The lowest BCUT2D eigenvalue weighted by atomic mass is 10.2. The minimum atomic E-state index is -0.165. The molecule has 1 N–H and O–H groups in total. The third-order valence-electron chi connectivity index (χ3n) is 3.85. The van der Waals surface area contributed by atoms with E-state index in [1.165, 1.54) is 0 Å². The van der Waals surface area contributed by atoms with Crippen LogP contribution < -0.4 is 14.8 Å². The van der Waals surface area contributed by atoms with Crippen molar-refractivity contribution in [2.24, 2.45) is 0 Å². The first-order chi connectivity index (χ1) is 13.1. The molecule has 0 fully saturated rings. The SMILES string of the molecule is CC(C)Oc1ccc(NC(=O)c2ccc(OCc3ccccc3)cc2)cc1. The zero-order chi connectivity index (χ0) is 19.1. The standard InChI is InChI=1S/C23H23NO3/c1-17(2)27-22-14-10-20(11-15-22)24-23(25)19-8-12-21(13-9-19)26-16-18-6-4-3-5-7-18/h3-15,17H,16H2,1-2H3,(H,24,25). The highest BCUT2D eigenvalue weighted by Crippen LogP contribution is 2.19. The fourth-order valence-corrected chi connectivity index (χ4v) is 2.54. The van der Waals surface area contributed by atoms with Gasteiger partial charge in [0.2, 0.25) is 0 Å². The Labute approximate surface area is 159 Å². The van der Waals surface area contributed by atoms with Crippen molar-refractivity contribution < 1.29 is 14.3 Å². The number of amides is 1. The molecule has 4 nitrogen and oxygen atoms in total. The third kappa shape index (κ3) is 5.61. The van der Waals surface area contributed by atoms with Gasteiger partial charge in [0.15, 0.2) is 0 Å². The van der Waals surface area contributed by atoms with Gasteiger partial charge in [-0.25, -0.2) is 0 Å². The fraction of sp³-hybridized carbons (Fsp3) is 0.174. The largest absolute Gasteiger partial charge is 0.491 e. The Balaban J connectivity index is 1.55. The first-order valence-corrected chi connectivity index (χ1v) is 8.95. The van der Waals surface area contributed by atoms with Crippen molar-refractivity contribution in [3.05, 3.63) is 90.0 Å². The molecule has 0 aromatic heterocycles. The molecular weight excluding hydrogens is 338 g/mol. The van der Waals surface area contributed by atoms with Gasteiger partial charge in [0.25, 0.3) is 5.91 Å². The van der Waals surface area contributed by atoms with Crippen LogP contribution in [0.15, 0.2) is 78.9 Å². The van der Waals surface area contributed by atoms with Gasteiger partial charge in [0.1, 0.15) is 18.1 Å². The van der Waals surface area contributed by atoms with Crippen molar-refractivity contribution in [1.29, 1.82) is 0 Å². The normalized spacial score (nSPS) is 10.5. The first kappa shape index (κ1) is 18.5. The van der Waals surface area contributed by atoms with Crippen molar-refractivity contribution in [2.75, 3.05) is 5.32 Å². The van der Waals surface area contributed by atoms with Gasteiger partial charge >= 0.3 is 0 Å². The predicted molar refractivity (Wildman–Crippen MR) is 107 cm³/mol. The Morgan fingerprint density at radius 1 is 0.852 bits per heavy atom. The molecule has 0 aliphatic rings.